The summed E-state index contributed by atoms with van der Waals surface area (Å²) in [6.07, 6.45) is 0.704. The third-order valence-corrected chi connectivity index (χ3v) is 3.53. The molecule has 1 aromatic rings. The van der Waals surface area contributed by atoms with Crippen molar-refractivity contribution in [1.29, 1.82) is 0 Å². The van der Waals surface area contributed by atoms with E-state index in [9.17, 15) is 24.8 Å². The average molecular weight is 320 g/mol. The highest BCUT2D eigenvalue weighted by atomic mass is 16.6. The van der Waals surface area contributed by atoms with Crippen LogP contribution < -0.4 is 0 Å². The Morgan fingerprint density at radius 3 is 2.70 bits per heavy atom. The molecular formula is C15H16N2O6. The number of nitro benzene ring substituents is 1. The zero-order valence-electron chi connectivity index (χ0n) is 12.3. The molecule has 122 valence electrons. The Hall–Kier alpha value is -2.74. The standard InChI is InChI=1S/C15H16N2O6/c1-2-3-12-8-13(18)16(12)14(19)15(20)23-9-10-4-6-11(7-5-10)17(21)22/h2,4-7,12,14,19H,1,3,8-9H2. The summed E-state index contributed by atoms with van der Waals surface area (Å²) >= 11 is 0. The molecule has 1 aromatic carbocycles. The third kappa shape index (κ3) is 3.72. The van der Waals surface area contributed by atoms with E-state index < -0.39 is 17.1 Å². The van der Waals surface area contributed by atoms with Gasteiger partial charge in [-0.05, 0) is 24.1 Å². The van der Waals surface area contributed by atoms with Crippen LogP contribution in [0, 0.1) is 10.1 Å². The molecule has 0 radical (unpaired) electrons. The zero-order valence-corrected chi connectivity index (χ0v) is 12.3. The molecule has 0 aromatic heterocycles. The number of nitrogens with zero attached hydrogens (tertiary/aromatic N) is 2. The van der Waals surface area contributed by atoms with Gasteiger partial charge in [-0.1, -0.05) is 6.08 Å². The normalized spacial score (nSPS) is 18.0. The largest absolute Gasteiger partial charge is 0.457 e. The molecule has 1 aliphatic rings. The van der Waals surface area contributed by atoms with Crippen LogP contribution in [0.3, 0.4) is 0 Å². The Bertz CT molecular complexity index is 625. The summed E-state index contributed by atoms with van der Waals surface area (Å²) in [5.41, 5.74) is 0.465. The van der Waals surface area contributed by atoms with Crippen LogP contribution in [0.2, 0.25) is 0 Å². The minimum atomic E-state index is -1.65. The van der Waals surface area contributed by atoms with E-state index in [0.29, 0.717) is 12.0 Å². The molecule has 1 saturated heterocycles. The van der Waals surface area contributed by atoms with Crippen molar-refractivity contribution in [1.82, 2.24) is 4.90 Å². The molecule has 0 spiro atoms. The Balaban J connectivity index is 1.89. The van der Waals surface area contributed by atoms with E-state index in [2.05, 4.69) is 6.58 Å². The maximum absolute atomic E-state index is 11.8. The van der Waals surface area contributed by atoms with Crippen LogP contribution >= 0.6 is 0 Å². The van der Waals surface area contributed by atoms with Gasteiger partial charge in [0.05, 0.1) is 4.92 Å². The predicted molar refractivity (Wildman–Crippen MR) is 79.0 cm³/mol. The topological polar surface area (TPSA) is 110 Å². The molecular weight excluding hydrogens is 304 g/mol. The van der Waals surface area contributed by atoms with E-state index in [-0.39, 0.29) is 30.7 Å². The predicted octanol–water partition coefficient (Wildman–Crippen LogP) is 1.13. The van der Waals surface area contributed by atoms with E-state index in [1.807, 2.05) is 0 Å². The molecule has 0 saturated carbocycles. The van der Waals surface area contributed by atoms with Crippen LogP contribution in [-0.4, -0.2) is 39.1 Å². The number of nitro groups is 1. The number of non-ortho nitro benzene ring substituents is 1. The lowest BCUT2D eigenvalue weighted by molar-refractivity contribution is -0.384. The van der Waals surface area contributed by atoms with Crippen molar-refractivity contribution >= 4 is 17.6 Å². The molecule has 1 N–H and O–H groups in total. The average Bonchev–Trinajstić information content (AvgIpc) is 2.52. The number of β-lactam (4-membered cyclic amide) rings is 1. The summed E-state index contributed by atoms with van der Waals surface area (Å²) in [4.78, 5) is 34.4. The number of esters is 1. The number of aliphatic hydroxyl groups excluding tert-OH is 1. The zero-order chi connectivity index (χ0) is 17.0. The maximum atomic E-state index is 11.8. The molecule has 2 unspecified atom stereocenters. The second kappa shape index (κ2) is 7.01. The van der Waals surface area contributed by atoms with Gasteiger partial charge < -0.3 is 14.7 Å². The van der Waals surface area contributed by atoms with Crippen molar-refractivity contribution in [2.75, 3.05) is 0 Å². The highest BCUT2D eigenvalue weighted by Gasteiger charge is 2.42. The third-order valence-electron chi connectivity index (χ3n) is 3.53. The maximum Gasteiger partial charge on any atom is 0.356 e. The van der Waals surface area contributed by atoms with Gasteiger partial charge in [0.1, 0.15) is 6.61 Å². The first kappa shape index (κ1) is 16.6. The molecule has 2 atom stereocenters. The van der Waals surface area contributed by atoms with Gasteiger partial charge in [-0.2, -0.15) is 0 Å². The van der Waals surface area contributed by atoms with Crippen LogP contribution in [0.1, 0.15) is 18.4 Å². The number of likely N-dealkylation sites (tertiary alicyclic amines) is 1. The van der Waals surface area contributed by atoms with Gasteiger partial charge >= 0.3 is 5.97 Å². The quantitative estimate of drug-likeness (QED) is 0.265. The fraction of sp³-hybridized carbons (Fsp3) is 0.333. The minimum Gasteiger partial charge on any atom is -0.457 e. The monoisotopic (exact) mass is 320 g/mol. The number of carbonyl (C=O) groups is 2. The van der Waals surface area contributed by atoms with Crippen LogP contribution in [-0.2, 0) is 20.9 Å². The Kier molecular flexibility index (Phi) is 5.07. The Morgan fingerprint density at radius 2 is 2.17 bits per heavy atom. The molecule has 1 fully saturated rings. The first-order chi connectivity index (χ1) is 10.9. The molecule has 2 rings (SSSR count). The van der Waals surface area contributed by atoms with Gasteiger partial charge in [-0.3, -0.25) is 14.9 Å². The van der Waals surface area contributed by atoms with Gasteiger partial charge in [0.15, 0.2) is 0 Å². The lowest BCUT2D eigenvalue weighted by Crippen LogP contribution is -2.59. The van der Waals surface area contributed by atoms with Crippen molar-refractivity contribution in [2.45, 2.75) is 31.7 Å². The van der Waals surface area contributed by atoms with Crippen LogP contribution in [0.4, 0.5) is 5.69 Å². The molecule has 0 bridgehead atoms. The molecule has 0 aliphatic carbocycles. The Morgan fingerprint density at radius 1 is 1.52 bits per heavy atom. The van der Waals surface area contributed by atoms with E-state index in [1.54, 1.807) is 6.08 Å². The van der Waals surface area contributed by atoms with Crippen LogP contribution in [0.5, 0.6) is 0 Å². The molecule has 8 nitrogen and oxygen atoms in total. The van der Waals surface area contributed by atoms with Crippen molar-refractivity contribution in [2.24, 2.45) is 0 Å². The highest BCUT2D eigenvalue weighted by Crippen LogP contribution is 2.25. The smallest absolute Gasteiger partial charge is 0.356 e. The number of benzene rings is 1. The Labute approximate surface area is 132 Å². The molecule has 1 heterocycles. The minimum absolute atomic E-state index is 0.0708. The number of rotatable bonds is 7. The van der Waals surface area contributed by atoms with E-state index in [0.717, 1.165) is 4.90 Å². The molecule has 1 amide bonds. The van der Waals surface area contributed by atoms with Gasteiger partial charge in [0.25, 0.3) is 5.69 Å². The molecule has 8 heteroatoms. The van der Waals surface area contributed by atoms with Crippen molar-refractivity contribution in [3.63, 3.8) is 0 Å². The fourth-order valence-electron chi connectivity index (χ4n) is 2.28. The number of ether oxygens (including phenoxy) is 1. The number of hydrogen-bond donors (Lipinski definition) is 1. The number of carbonyl (C=O) groups excluding carboxylic acids is 2. The van der Waals surface area contributed by atoms with E-state index in [4.69, 9.17) is 4.74 Å². The van der Waals surface area contributed by atoms with Crippen molar-refractivity contribution in [3.05, 3.63) is 52.6 Å². The summed E-state index contributed by atoms with van der Waals surface area (Å²) in [6, 6.07) is 5.24. The lowest BCUT2D eigenvalue weighted by Gasteiger charge is -2.41. The van der Waals surface area contributed by atoms with Crippen molar-refractivity contribution in [3.8, 4) is 0 Å². The summed E-state index contributed by atoms with van der Waals surface area (Å²) in [6.45, 7) is 3.41. The lowest BCUT2D eigenvalue weighted by atomic mass is 9.98. The SMILES string of the molecule is C=CCC1CC(=O)N1C(O)C(=O)OCc1ccc([N+](=O)[O-])cc1. The summed E-state index contributed by atoms with van der Waals surface area (Å²) in [5.74, 6) is -1.26. The molecule has 1 aliphatic heterocycles. The van der Waals surface area contributed by atoms with Crippen LogP contribution in [0.15, 0.2) is 36.9 Å². The first-order valence-corrected chi connectivity index (χ1v) is 6.94. The summed E-state index contributed by atoms with van der Waals surface area (Å²) in [5, 5.41) is 20.4. The van der Waals surface area contributed by atoms with E-state index >= 15 is 0 Å². The van der Waals surface area contributed by atoms with E-state index in [1.165, 1.54) is 24.3 Å². The van der Waals surface area contributed by atoms with Crippen LogP contribution in [0.25, 0.3) is 0 Å². The number of aliphatic hydroxyl groups is 1. The molecule has 23 heavy (non-hydrogen) atoms. The van der Waals surface area contributed by atoms with Gasteiger partial charge in [0, 0.05) is 24.6 Å². The van der Waals surface area contributed by atoms with Gasteiger partial charge in [0.2, 0.25) is 12.1 Å². The van der Waals surface area contributed by atoms with Crippen molar-refractivity contribution < 1.29 is 24.4 Å². The van der Waals surface area contributed by atoms with Gasteiger partial charge in [-0.15, -0.1) is 6.58 Å². The summed E-state index contributed by atoms with van der Waals surface area (Å²) < 4.78 is 4.94. The number of hydrogen-bond acceptors (Lipinski definition) is 6. The first-order valence-electron chi connectivity index (χ1n) is 6.94. The number of amides is 1. The summed E-state index contributed by atoms with van der Waals surface area (Å²) in [7, 11) is 0. The second-order valence-corrected chi connectivity index (χ2v) is 5.09. The second-order valence-electron chi connectivity index (χ2n) is 5.09. The fourth-order valence-corrected chi connectivity index (χ4v) is 2.28. The highest BCUT2D eigenvalue weighted by molar-refractivity contribution is 5.88. The van der Waals surface area contributed by atoms with Gasteiger partial charge in [-0.25, -0.2) is 4.79 Å².